The van der Waals surface area contributed by atoms with E-state index < -0.39 is 10.9 Å². The van der Waals surface area contributed by atoms with Crippen LogP contribution in [0.25, 0.3) is 0 Å². The summed E-state index contributed by atoms with van der Waals surface area (Å²) in [6.45, 7) is 1.51. The highest BCUT2D eigenvalue weighted by molar-refractivity contribution is 8.19. The number of allylic oxidation sites excluding steroid dienone is 1. The summed E-state index contributed by atoms with van der Waals surface area (Å²) in [6.07, 6.45) is 4.90. The molecule has 0 bridgehead atoms. The van der Waals surface area contributed by atoms with Crippen molar-refractivity contribution in [1.29, 1.82) is 0 Å². The number of thiol groups is 1. The third-order valence-electron chi connectivity index (χ3n) is 3.57. The van der Waals surface area contributed by atoms with Gasteiger partial charge in [0.1, 0.15) is 6.29 Å². The molecule has 1 aliphatic heterocycles. The number of aldehydes is 1. The van der Waals surface area contributed by atoms with E-state index in [0.29, 0.717) is 0 Å². The van der Waals surface area contributed by atoms with Crippen molar-refractivity contribution in [3.63, 3.8) is 0 Å². The molecule has 0 saturated carbocycles. The predicted molar refractivity (Wildman–Crippen MR) is 97.2 cm³/mol. The summed E-state index contributed by atoms with van der Waals surface area (Å²) in [7, 11) is 3.35. The predicted octanol–water partition coefficient (Wildman–Crippen LogP) is 2.44. The minimum Gasteiger partial charge on any atom is -0.383 e. The molecule has 1 N–H and O–H groups in total. The molecule has 2 unspecified atom stereocenters. The fourth-order valence-electron chi connectivity index (χ4n) is 2.62. The second-order valence-electron chi connectivity index (χ2n) is 5.90. The van der Waals surface area contributed by atoms with Crippen LogP contribution in [0.4, 0.5) is 0 Å². The average Bonchev–Trinajstić information content (AvgIpc) is 2.49. The number of rotatable bonds is 5. The molecule has 2 rings (SSSR count). The number of carbonyl (C=O) groups is 2. The minimum absolute atomic E-state index is 0.0819. The molecule has 0 spiro atoms. The highest BCUT2D eigenvalue weighted by Crippen LogP contribution is 2.44. The molecule has 1 heterocycles. The van der Waals surface area contributed by atoms with Gasteiger partial charge in [-0.1, -0.05) is 30.3 Å². The number of hydrogen-bond donors (Lipinski definition) is 2. The highest BCUT2D eigenvalue weighted by Gasteiger charge is 2.25. The monoisotopic (exact) mass is 332 g/mol. The highest BCUT2D eigenvalue weighted by atomic mass is 32.2. The molecule has 4 nitrogen and oxygen atoms in total. The van der Waals surface area contributed by atoms with Crippen molar-refractivity contribution in [2.24, 2.45) is 5.92 Å². The van der Waals surface area contributed by atoms with Crippen LogP contribution in [0.3, 0.4) is 0 Å². The average molecular weight is 332 g/mol. The number of nitrogens with zero attached hydrogens (tertiary/aromatic N) is 1. The van der Waals surface area contributed by atoms with Gasteiger partial charge in [0.15, 0.2) is 0 Å². The molecule has 0 fully saturated rings. The van der Waals surface area contributed by atoms with E-state index in [0.717, 1.165) is 28.4 Å². The zero-order chi connectivity index (χ0) is 16.8. The van der Waals surface area contributed by atoms with Crippen LogP contribution in [0, 0.1) is 5.92 Å². The largest absolute Gasteiger partial charge is 0.383 e. The van der Waals surface area contributed by atoms with Crippen molar-refractivity contribution in [3.8, 4) is 0 Å². The van der Waals surface area contributed by atoms with E-state index in [2.05, 4.69) is 17.4 Å². The number of hydrogen-bond acceptors (Lipinski definition) is 3. The first-order chi connectivity index (χ1) is 11.0. The van der Waals surface area contributed by atoms with Gasteiger partial charge in [-0.3, -0.25) is 4.79 Å². The van der Waals surface area contributed by atoms with Gasteiger partial charge < -0.3 is 15.0 Å². The van der Waals surface area contributed by atoms with Crippen molar-refractivity contribution in [1.82, 2.24) is 10.2 Å². The van der Waals surface area contributed by atoms with E-state index in [-0.39, 0.29) is 11.8 Å². The molecule has 0 radical (unpaired) electrons. The summed E-state index contributed by atoms with van der Waals surface area (Å²) >= 11 is 0. The van der Waals surface area contributed by atoms with E-state index in [1.807, 2.05) is 49.5 Å². The Balaban J connectivity index is 2.31. The van der Waals surface area contributed by atoms with Crippen molar-refractivity contribution < 1.29 is 9.59 Å². The Hall–Kier alpha value is -2.01. The molecule has 23 heavy (non-hydrogen) atoms. The Bertz CT molecular complexity index is 623. The van der Waals surface area contributed by atoms with Gasteiger partial charge in [0.05, 0.1) is 10.9 Å². The quantitative estimate of drug-likeness (QED) is 0.643. The van der Waals surface area contributed by atoms with Gasteiger partial charge in [0.25, 0.3) is 0 Å². The summed E-state index contributed by atoms with van der Waals surface area (Å²) in [5, 5.41) is 3.86. The molecule has 1 aromatic carbocycles. The summed E-state index contributed by atoms with van der Waals surface area (Å²) in [4.78, 5) is 24.9. The van der Waals surface area contributed by atoms with Crippen molar-refractivity contribution >= 4 is 23.1 Å². The fraction of sp³-hybridized carbons (Fsp3) is 0.333. The second kappa shape index (κ2) is 8.02. The Morgan fingerprint density at radius 3 is 2.61 bits per heavy atom. The Kier molecular flexibility index (Phi) is 6.04. The molecule has 0 aliphatic carbocycles. The lowest BCUT2D eigenvalue weighted by molar-refractivity contribution is -0.118. The molecule has 0 saturated heterocycles. The summed E-state index contributed by atoms with van der Waals surface area (Å²) < 4.78 is 0. The van der Waals surface area contributed by atoms with Gasteiger partial charge in [0, 0.05) is 32.5 Å². The van der Waals surface area contributed by atoms with Crippen LogP contribution in [0.5, 0.6) is 0 Å². The number of benzene rings is 1. The van der Waals surface area contributed by atoms with Crippen molar-refractivity contribution in [2.75, 3.05) is 19.8 Å². The normalized spacial score (nSPS) is 24.0. The number of nitrogens with one attached hydrogen (secondary N) is 1. The molecular formula is C18H24N2O2S. The standard InChI is InChI=1S/C18H24N2O2S/c1-14(22)19-18-9-16(11-21)17(10-20(2)3)13-23(18)12-15-7-5-4-6-8-15/h4-11,16,23H,12-13H2,1-3H3,(H,19,22). The summed E-state index contributed by atoms with van der Waals surface area (Å²) in [5.41, 5.74) is 2.37. The lowest BCUT2D eigenvalue weighted by Crippen LogP contribution is -2.27. The van der Waals surface area contributed by atoms with Crippen LogP contribution in [0.15, 0.2) is 53.2 Å². The van der Waals surface area contributed by atoms with E-state index in [9.17, 15) is 9.59 Å². The topological polar surface area (TPSA) is 49.4 Å². The lowest BCUT2D eigenvalue weighted by atomic mass is 10.0. The van der Waals surface area contributed by atoms with Crippen LogP contribution in [-0.4, -0.2) is 36.9 Å². The molecule has 1 amide bonds. The molecule has 124 valence electrons. The molecule has 5 heteroatoms. The maximum atomic E-state index is 11.5. The maximum absolute atomic E-state index is 11.5. The molecular weight excluding hydrogens is 308 g/mol. The first kappa shape index (κ1) is 17.3. The zero-order valence-electron chi connectivity index (χ0n) is 13.8. The van der Waals surface area contributed by atoms with Gasteiger partial charge in [-0.15, -0.1) is 0 Å². The van der Waals surface area contributed by atoms with E-state index in [1.165, 1.54) is 12.5 Å². The smallest absolute Gasteiger partial charge is 0.221 e. The van der Waals surface area contributed by atoms with E-state index in [4.69, 9.17) is 0 Å². The summed E-state index contributed by atoms with van der Waals surface area (Å²) in [6, 6.07) is 10.3. The fourth-order valence-corrected chi connectivity index (χ4v) is 5.15. The molecule has 2 atom stereocenters. The molecule has 0 aromatic heterocycles. The van der Waals surface area contributed by atoms with Crippen LogP contribution in [-0.2, 0) is 15.3 Å². The SMILES string of the molecule is CC(=O)NC1=CC(C=O)C(=CN(C)C)C[SH]1Cc1ccccc1. The van der Waals surface area contributed by atoms with Gasteiger partial charge in [0.2, 0.25) is 5.91 Å². The molecule has 1 aliphatic rings. The Morgan fingerprint density at radius 2 is 2.04 bits per heavy atom. The van der Waals surface area contributed by atoms with Crippen LogP contribution >= 0.6 is 10.9 Å². The third kappa shape index (κ3) is 4.99. The van der Waals surface area contributed by atoms with Crippen LogP contribution < -0.4 is 5.32 Å². The van der Waals surface area contributed by atoms with Crippen molar-refractivity contribution in [2.45, 2.75) is 12.7 Å². The number of amides is 1. The first-order valence-electron chi connectivity index (χ1n) is 7.60. The van der Waals surface area contributed by atoms with Gasteiger partial charge in [-0.05, 0) is 23.4 Å². The molecule has 1 aromatic rings. The first-order valence-corrected chi connectivity index (χ1v) is 9.31. The maximum Gasteiger partial charge on any atom is 0.221 e. The van der Waals surface area contributed by atoms with Crippen molar-refractivity contribution in [3.05, 3.63) is 58.8 Å². The van der Waals surface area contributed by atoms with E-state index >= 15 is 0 Å². The zero-order valence-corrected chi connectivity index (χ0v) is 14.7. The second-order valence-corrected chi connectivity index (χ2v) is 8.10. The van der Waals surface area contributed by atoms with Crippen LogP contribution in [0.2, 0.25) is 0 Å². The minimum atomic E-state index is -0.571. The van der Waals surface area contributed by atoms with Gasteiger partial charge in [-0.25, -0.2) is 10.9 Å². The Labute approximate surface area is 140 Å². The van der Waals surface area contributed by atoms with Crippen LogP contribution in [0.1, 0.15) is 12.5 Å². The third-order valence-corrected chi connectivity index (χ3v) is 6.01. The van der Waals surface area contributed by atoms with Gasteiger partial charge in [-0.2, -0.15) is 0 Å². The number of carbonyl (C=O) groups excluding carboxylic acids is 2. The lowest BCUT2D eigenvalue weighted by Gasteiger charge is -2.33. The summed E-state index contributed by atoms with van der Waals surface area (Å²) in [5.74, 6) is 1.39. The van der Waals surface area contributed by atoms with Gasteiger partial charge >= 0.3 is 0 Å². The van der Waals surface area contributed by atoms with E-state index in [1.54, 1.807) is 0 Å². The Morgan fingerprint density at radius 1 is 1.35 bits per heavy atom.